The number of carbonyl (C=O) groups excluding carboxylic acids is 2. The molecule has 0 rings (SSSR count). The largest absolute Gasteiger partial charge is 0.356 e. The normalized spacial score (nSPS) is 12.1. The molecule has 0 aromatic heterocycles. The first-order valence-corrected chi connectivity index (χ1v) is 6.34. The molecule has 1 atom stereocenters. The second kappa shape index (κ2) is 11.5. The molecule has 5 heteroatoms. The average Bonchev–Trinajstić information content (AvgIpc) is 2.31. The maximum absolute atomic E-state index is 10.8. The van der Waals surface area contributed by atoms with Gasteiger partial charge < -0.3 is 21.2 Å². The van der Waals surface area contributed by atoms with Crippen LogP contribution in [0.4, 0.5) is 0 Å². The average molecular weight is 243 g/mol. The Morgan fingerprint density at radius 1 is 1.24 bits per heavy atom. The summed E-state index contributed by atoms with van der Waals surface area (Å²) in [6.07, 6.45) is 5.66. The zero-order valence-electron chi connectivity index (χ0n) is 10.7. The number of nitrogens with one attached hydrogen (secondary N) is 2. The highest BCUT2D eigenvalue weighted by atomic mass is 16.1. The fourth-order valence-electron chi connectivity index (χ4n) is 1.53. The van der Waals surface area contributed by atoms with Crippen LogP contribution in [0.15, 0.2) is 0 Å². The highest BCUT2D eigenvalue weighted by Crippen LogP contribution is 1.98. The topological polar surface area (TPSA) is 84.2 Å². The van der Waals surface area contributed by atoms with Crippen LogP contribution in [0.2, 0.25) is 0 Å². The SMILES string of the molecule is CC(=O)NCCCCN[C@H](C=O)CCCCN. The summed E-state index contributed by atoms with van der Waals surface area (Å²) in [7, 11) is 0. The Morgan fingerprint density at radius 3 is 2.53 bits per heavy atom. The first-order chi connectivity index (χ1) is 8.20. The van der Waals surface area contributed by atoms with E-state index < -0.39 is 0 Å². The maximum atomic E-state index is 10.8. The Labute approximate surface area is 104 Å². The molecule has 5 nitrogen and oxygen atoms in total. The molecule has 0 aliphatic heterocycles. The van der Waals surface area contributed by atoms with Crippen molar-refractivity contribution in [1.82, 2.24) is 10.6 Å². The monoisotopic (exact) mass is 243 g/mol. The van der Waals surface area contributed by atoms with Gasteiger partial charge in [0.1, 0.15) is 6.29 Å². The molecular weight excluding hydrogens is 218 g/mol. The van der Waals surface area contributed by atoms with Gasteiger partial charge in [-0.1, -0.05) is 6.42 Å². The summed E-state index contributed by atoms with van der Waals surface area (Å²) in [5.41, 5.74) is 5.39. The first-order valence-electron chi connectivity index (χ1n) is 6.34. The van der Waals surface area contributed by atoms with E-state index in [1.165, 1.54) is 6.92 Å². The van der Waals surface area contributed by atoms with Crippen LogP contribution >= 0.6 is 0 Å². The molecule has 0 aliphatic rings. The fraction of sp³-hybridized carbons (Fsp3) is 0.833. The highest BCUT2D eigenvalue weighted by Gasteiger charge is 2.04. The van der Waals surface area contributed by atoms with E-state index >= 15 is 0 Å². The van der Waals surface area contributed by atoms with Gasteiger partial charge in [0.2, 0.25) is 5.91 Å². The zero-order valence-corrected chi connectivity index (χ0v) is 10.7. The minimum atomic E-state index is -0.0534. The molecule has 0 bridgehead atoms. The minimum absolute atomic E-state index is 0.00510. The van der Waals surface area contributed by atoms with Gasteiger partial charge in [0, 0.05) is 13.5 Å². The van der Waals surface area contributed by atoms with Crippen LogP contribution < -0.4 is 16.4 Å². The summed E-state index contributed by atoms with van der Waals surface area (Å²) in [6.45, 7) is 3.71. The second-order valence-corrected chi connectivity index (χ2v) is 4.17. The van der Waals surface area contributed by atoms with Crippen LogP contribution in [0.3, 0.4) is 0 Å². The van der Waals surface area contributed by atoms with Crippen molar-refractivity contribution >= 4 is 12.2 Å². The molecule has 1 amide bonds. The Morgan fingerprint density at radius 2 is 1.94 bits per heavy atom. The molecule has 0 saturated heterocycles. The summed E-state index contributed by atoms with van der Waals surface area (Å²) < 4.78 is 0. The van der Waals surface area contributed by atoms with Crippen LogP contribution in [0.5, 0.6) is 0 Å². The van der Waals surface area contributed by atoms with Crippen molar-refractivity contribution in [3.8, 4) is 0 Å². The van der Waals surface area contributed by atoms with Crippen molar-refractivity contribution < 1.29 is 9.59 Å². The number of carbonyl (C=O) groups is 2. The number of hydrogen-bond donors (Lipinski definition) is 3. The van der Waals surface area contributed by atoms with Gasteiger partial charge in [-0.2, -0.15) is 0 Å². The van der Waals surface area contributed by atoms with E-state index in [0.717, 1.165) is 44.9 Å². The van der Waals surface area contributed by atoms with Crippen molar-refractivity contribution in [1.29, 1.82) is 0 Å². The lowest BCUT2D eigenvalue weighted by Crippen LogP contribution is -2.32. The molecule has 0 fully saturated rings. The van der Waals surface area contributed by atoms with E-state index in [1.807, 2.05) is 0 Å². The van der Waals surface area contributed by atoms with Crippen molar-refractivity contribution in [2.45, 2.75) is 45.1 Å². The van der Waals surface area contributed by atoms with Gasteiger partial charge in [0.25, 0.3) is 0 Å². The minimum Gasteiger partial charge on any atom is -0.356 e. The van der Waals surface area contributed by atoms with E-state index in [9.17, 15) is 9.59 Å². The van der Waals surface area contributed by atoms with Crippen molar-refractivity contribution in [3.05, 3.63) is 0 Å². The Hall–Kier alpha value is -0.940. The predicted octanol–water partition coefficient (Wildman–Crippen LogP) is 0.189. The summed E-state index contributed by atoms with van der Waals surface area (Å²) in [5.74, 6) is 0.00510. The zero-order chi connectivity index (χ0) is 12.9. The summed E-state index contributed by atoms with van der Waals surface area (Å²) in [6, 6.07) is -0.0534. The fourth-order valence-corrected chi connectivity index (χ4v) is 1.53. The molecule has 0 unspecified atom stereocenters. The summed E-state index contributed by atoms with van der Waals surface area (Å²) >= 11 is 0. The van der Waals surface area contributed by atoms with E-state index in [1.54, 1.807) is 0 Å². The van der Waals surface area contributed by atoms with Gasteiger partial charge in [0.15, 0.2) is 0 Å². The molecular formula is C12H25N3O2. The highest BCUT2D eigenvalue weighted by molar-refractivity contribution is 5.72. The smallest absolute Gasteiger partial charge is 0.216 e. The number of hydrogen-bond acceptors (Lipinski definition) is 4. The molecule has 0 spiro atoms. The van der Waals surface area contributed by atoms with Gasteiger partial charge in [-0.25, -0.2) is 0 Å². The first kappa shape index (κ1) is 16.1. The molecule has 0 heterocycles. The van der Waals surface area contributed by atoms with Gasteiger partial charge in [0.05, 0.1) is 6.04 Å². The van der Waals surface area contributed by atoms with Crippen LogP contribution in [0.1, 0.15) is 39.0 Å². The predicted molar refractivity (Wildman–Crippen MR) is 68.7 cm³/mol. The number of nitrogens with two attached hydrogens (primary N) is 1. The van der Waals surface area contributed by atoms with Crippen LogP contribution in [-0.2, 0) is 9.59 Å². The molecule has 4 N–H and O–H groups in total. The standard InChI is InChI=1S/C12H25N3O2/c1-11(17)14-8-4-5-9-15-12(10-16)6-2-3-7-13/h10,12,15H,2-9,13H2,1H3,(H,14,17)/t12-/m0/s1. The quantitative estimate of drug-likeness (QED) is 0.357. The molecule has 0 aromatic carbocycles. The van der Waals surface area contributed by atoms with E-state index in [2.05, 4.69) is 10.6 Å². The van der Waals surface area contributed by atoms with E-state index in [4.69, 9.17) is 5.73 Å². The summed E-state index contributed by atoms with van der Waals surface area (Å²) in [5, 5.41) is 5.93. The molecule has 0 aromatic rings. The van der Waals surface area contributed by atoms with E-state index in [0.29, 0.717) is 13.1 Å². The lowest BCUT2D eigenvalue weighted by Gasteiger charge is -2.12. The van der Waals surface area contributed by atoms with Crippen molar-refractivity contribution in [3.63, 3.8) is 0 Å². The van der Waals surface area contributed by atoms with Gasteiger partial charge in [-0.15, -0.1) is 0 Å². The lowest BCUT2D eigenvalue weighted by atomic mass is 10.1. The molecule has 17 heavy (non-hydrogen) atoms. The second-order valence-electron chi connectivity index (χ2n) is 4.17. The number of unbranched alkanes of at least 4 members (excludes halogenated alkanes) is 2. The molecule has 0 radical (unpaired) electrons. The van der Waals surface area contributed by atoms with Crippen molar-refractivity contribution in [2.75, 3.05) is 19.6 Å². The molecule has 0 saturated carbocycles. The third kappa shape index (κ3) is 11.3. The van der Waals surface area contributed by atoms with E-state index in [-0.39, 0.29) is 11.9 Å². The maximum Gasteiger partial charge on any atom is 0.216 e. The van der Waals surface area contributed by atoms with Gasteiger partial charge in [-0.3, -0.25) is 4.79 Å². The Kier molecular flexibility index (Phi) is 10.9. The van der Waals surface area contributed by atoms with Gasteiger partial charge >= 0.3 is 0 Å². The summed E-state index contributed by atoms with van der Waals surface area (Å²) in [4.78, 5) is 21.4. The number of amides is 1. The van der Waals surface area contributed by atoms with Gasteiger partial charge in [-0.05, 0) is 38.8 Å². The lowest BCUT2D eigenvalue weighted by molar-refractivity contribution is -0.119. The third-order valence-corrected chi connectivity index (χ3v) is 2.52. The number of rotatable bonds is 11. The van der Waals surface area contributed by atoms with Crippen molar-refractivity contribution in [2.24, 2.45) is 5.73 Å². The number of aldehydes is 1. The molecule has 100 valence electrons. The molecule has 0 aliphatic carbocycles. The Bertz CT molecular complexity index is 210. The third-order valence-electron chi connectivity index (χ3n) is 2.52. The van der Waals surface area contributed by atoms with Crippen LogP contribution in [0.25, 0.3) is 0 Å². The van der Waals surface area contributed by atoms with Crippen LogP contribution in [-0.4, -0.2) is 37.9 Å². The Balaban J connectivity index is 3.36. The van der Waals surface area contributed by atoms with Crippen LogP contribution in [0, 0.1) is 0 Å².